The first kappa shape index (κ1) is 8.75. The molecule has 0 aromatic carbocycles. The molecule has 0 aliphatic heterocycles. The van der Waals surface area contributed by atoms with Crippen LogP contribution in [0.3, 0.4) is 0 Å². The maximum absolute atomic E-state index is 3.49. The summed E-state index contributed by atoms with van der Waals surface area (Å²) in [7, 11) is 0. The fraction of sp³-hybridized carbons (Fsp3) is 0.429. The third-order valence-electron chi connectivity index (χ3n) is 1.27. The van der Waals surface area contributed by atoms with E-state index in [1.807, 2.05) is 0 Å². The summed E-state index contributed by atoms with van der Waals surface area (Å²) in [5.74, 6) is 0. The molecule has 0 spiro atoms. The van der Waals surface area contributed by atoms with Crippen molar-refractivity contribution in [1.29, 1.82) is 0 Å². The second-order valence-electron chi connectivity index (χ2n) is 2.04. The number of aryl methyl sites for hydroxylation is 1. The van der Waals surface area contributed by atoms with Gasteiger partial charge in [-0.1, -0.05) is 15.9 Å². The van der Waals surface area contributed by atoms with Crippen LogP contribution in [0.1, 0.15) is 12.0 Å². The van der Waals surface area contributed by atoms with Crippen LogP contribution < -0.4 is 0 Å². The molecule has 0 radical (unpaired) electrons. The molecule has 0 amide bonds. The average molecular weight is 284 g/mol. The molecule has 0 fully saturated rings. The average Bonchev–Trinajstić information content (AvgIpc) is 2.31. The lowest BCUT2D eigenvalue weighted by molar-refractivity contribution is 0.940. The van der Waals surface area contributed by atoms with Gasteiger partial charge >= 0.3 is 0 Å². The number of rotatable bonds is 3. The van der Waals surface area contributed by atoms with Gasteiger partial charge in [-0.3, -0.25) is 0 Å². The minimum absolute atomic E-state index is 1.09. The van der Waals surface area contributed by atoms with E-state index in [1.54, 1.807) is 11.3 Å². The first-order valence-corrected chi connectivity index (χ1v) is 5.97. The molecule has 0 saturated carbocycles. The summed E-state index contributed by atoms with van der Waals surface area (Å²) in [6.07, 6.45) is 2.39. The summed E-state index contributed by atoms with van der Waals surface area (Å²) in [5, 5.41) is 5.42. The van der Waals surface area contributed by atoms with Gasteiger partial charge in [-0.15, -0.1) is 0 Å². The number of hydrogen-bond acceptors (Lipinski definition) is 1. The van der Waals surface area contributed by atoms with Crippen molar-refractivity contribution < 1.29 is 0 Å². The molecule has 1 heterocycles. The minimum Gasteiger partial charge on any atom is -0.151 e. The predicted octanol–water partition coefficient (Wildman–Crippen LogP) is 3.84. The number of thiophene rings is 1. The van der Waals surface area contributed by atoms with Crippen LogP contribution in [0.5, 0.6) is 0 Å². The molecule has 0 unspecified atom stereocenters. The summed E-state index contributed by atoms with van der Waals surface area (Å²) >= 11 is 8.65. The van der Waals surface area contributed by atoms with Crippen molar-refractivity contribution >= 4 is 43.2 Å². The highest BCUT2D eigenvalue weighted by Crippen LogP contribution is 2.22. The highest BCUT2D eigenvalue weighted by molar-refractivity contribution is 9.10. The Morgan fingerprint density at radius 1 is 1.40 bits per heavy atom. The Hall–Kier alpha value is 0.660. The fourth-order valence-electron chi connectivity index (χ4n) is 0.743. The van der Waals surface area contributed by atoms with Crippen LogP contribution in [0.2, 0.25) is 0 Å². The van der Waals surface area contributed by atoms with E-state index in [2.05, 4.69) is 42.6 Å². The molecule has 0 aliphatic carbocycles. The molecule has 0 nitrogen and oxygen atoms in total. The van der Waals surface area contributed by atoms with Crippen molar-refractivity contribution in [2.24, 2.45) is 0 Å². The fourth-order valence-corrected chi connectivity index (χ4v) is 2.56. The summed E-state index contributed by atoms with van der Waals surface area (Å²) in [5.41, 5.74) is 1.43. The van der Waals surface area contributed by atoms with Gasteiger partial charge in [-0.05, 0) is 39.7 Å². The van der Waals surface area contributed by atoms with E-state index in [9.17, 15) is 0 Å². The van der Waals surface area contributed by atoms with E-state index >= 15 is 0 Å². The van der Waals surface area contributed by atoms with E-state index in [4.69, 9.17) is 0 Å². The normalized spacial score (nSPS) is 10.2. The van der Waals surface area contributed by atoms with Crippen molar-refractivity contribution in [3.05, 3.63) is 20.8 Å². The Balaban J connectivity index is 2.49. The number of halogens is 2. The zero-order chi connectivity index (χ0) is 7.40. The molecule has 10 heavy (non-hydrogen) atoms. The van der Waals surface area contributed by atoms with Crippen LogP contribution >= 0.6 is 43.2 Å². The second kappa shape index (κ2) is 4.52. The van der Waals surface area contributed by atoms with Gasteiger partial charge in [0.1, 0.15) is 0 Å². The van der Waals surface area contributed by atoms with Gasteiger partial charge in [0.05, 0.1) is 0 Å². The summed E-state index contributed by atoms with van der Waals surface area (Å²) in [6, 6.07) is 0. The lowest BCUT2D eigenvalue weighted by atomic mass is 10.2. The maximum Gasteiger partial charge on any atom is 0.0314 e. The molecule has 1 aromatic rings. The van der Waals surface area contributed by atoms with Crippen molar-refractivity contribution in [1.82, 2.24) is 0 Å². The van der Waals surface area contributed by atoms with E-state index in [0.717, 1.165) is 5.33 Å². The highest BCUT2D eigenvalue weighted by Gasteiger charge is 1.98. The topological polar surface area (TPSA) is 0 Å². The molecule has 1 aromatic heterocycles. The Kier molecular flexibility index (Phi) is 3.96. The molecule has 3 heteroatoms. The minimum atomic E-state index is 1.09. The monoisotopic (exact) mass is 282 g/mol. The Labute approximate surface area is 81.9 Å². The largest absolute Gasteiger partial charge is 0.151 e. The van der Waals surface area contributed by atoms with Crippen molar-refractivity contribution in [3.63, 3.8) is 0 Å². The molecule has 0 N–H and O–H groups in total. The molecule has 0 saturated heterocycles. The Morgan fingerprint density at radius 3 is 2.70 bits per heavy atom. The van der Waals surface area contributed by atoms with Crippen molar-refractivity contribution in [2.75, 3.05) is 5.33 Å². The zero-order valence-corrected chi connectivity index (χ0v) is 9.43. The van der Waals surface area contributed by atoms with Gasteiger partial charge < -0.3 is 0 Å². The van der Waals surface area contributed by atoms with Gasteiger partial charge in [0.25, 0.3) is 0 Å². The molecule has 56 valence electrons. The lowest BCUT2D eigenvalue weighted by Crippen LogP contribution is -1.82. The molecule has 0 bridgehead atoms. The quantitative estimate of drug-likeness (QED) is 0.740. The van der Waals surface area contributed by atoms with Crippen LogP contribution in [-0.4, -0.2) is 5.33 Å². The van der Waals surface area contributed by atoms with Crippen molar-refractivity contribution in [2.45, 2.75) is 12.8 Å². The Morgan fingerprint density at radius 2 is 2.20 bits per heavy atom. The summed E-state index contributed by atoms with van der Waals surface area (Å²) in [6.45, 7) is 0. The van der Waals surface area contributed by atoms with Crippen LogP contribution in [0.15, 0.2) is 15.2 Å². The first-order valence-electron chi connectivity index (χ1n) is 3.11. The number of alkyl halides is 1. The van der Waals surface area contributed by atoms with Gasteiger partial charge in [-0.2, -0.15) is 11.3 Å². The second-order valence-corrected chi connectivity index (χ2v) is 4.43. The highest BCUT2D eigenvalue weighted by atomic mass is 79.9. The maximum atomic E-state index is 3.49. The molecular formula is C7H8Br2S. The standard InChI is InChI=1S/C7H8Br2S/c8-3-1-2-6-4-10-5-7(6)9/h4-5H,1-3H2. The van der Waals surface area contributed by atoms with Crippen LogP contribution in [0.25, 0.3) is 0 Å². The lowest BCUT2D eigenvalue weighted by Gasteiger charge is -1.93. The van der Waals surface area contributed by atoms with E-state index < -0.39 is 0 Å². The van der Waals surface area contributed by atoms with E-state index in [1.165, 1.54) is 22.9 Å². The molecule has 1 rings (SSSR count). The van der Waals surface area contributed by atoms with Crippen LogP contribution in [0, 0.1) is 0 Å². The van der Waals surface area contributed by atoms with Crippen LogP contribution in [-0.2, 0) is 6.42 Å². The first-order chi connectivity index (χ1) is 4.84. The SMILES string of the molecule is BrCCCc1cscc1Br. The van der Waals surface area contributed by atoms with E-state index in [0.29, 0.717) is 0 Å². The van der Waals surface area contributed by atoms with Crippen LogP contribution in [0.4, 0.5) is 0 Å². The van der Waals surface area contributed by atoms with Gasteiger partial charge in [0, 0.05) is 15.2 Å². The summed E-state index contributed by atoms with van der Waals surface area (Å²) < 4.78 is 1.26. The third kappa shape index (κ3) is 2.36. The Bertz CT molecular complexity index is 195. The molecule has 0 aliphatic rings. The predicted molar refractivity (Wildman–Crippen MR) is 54.1 cm³/mol. The molecular weight excluding hydrogens is 276 g/mol. The summed E-state index contributed by atoms with van der Waals surface area (Å²) in [4.78, 5) is 0. The number of hydrogen-bond donors (Lipinski definition) is 0. The smallest absolute Gasteiger partial charge is 0.0314 e. The zero-order valence-electron chi connectivity index (χ0n) is 5.44. The van der Waals surface area contributed by atoms with Gasteiger partial charge in [0.15, 0.2) is 0 Å². The van der Waals surface area contributed by atoms with Crippen molar-refractivity contribution in [3.8, 4) is 0 Å². The van der Waals surface area contributed by atoms with E-state index in [-0.39, 0.29) is 0 Å². The van der Waals surface area contributed by atoms with Gasteiger partial charge in [-0.25, -0.2) is 0 Å². The third-order valence-corrected chi connectivity index (χ3v) is 3.66. The van der Waals surface area contributed by atoms with Gasteiger partial charge in [0.2, 0.25) is 0 Å². The molecule has 0 atom stereocenters.